The maximum atomic E-state index is 12.4. The highest BCUT2D eigenvalue weighted by atomic mass is 16.5. The molecule has 0 atom stereocenters. The number of carbonyl (C=O) groups excluding carboxylic acids is 1. The monoisotopic (exact) mass is 274 g/mol. The lowest BCUT2D eigenvalue weighted by Gasteiger charge is -2.15. The molecule has 2 rings (SSSR count). The summed E-state index contributed by atoms with van der Waals surface area (Å²) < 4.78 is 5.18. The molecule has 0 fully saturated rings. The molecule has 1 aliphatic heterocycles. The minimum atomic E-state index is -0.115. The first-order valence-electron chi connectivity index (χ1n) is 6.14. The van der Waals surface area contributed by atoms with Crippen molar-refractivity contribution in [3.63, 3.8) is 0 Å². The number of nitrogens with two attached hydrogens (primary N) is 2. The number of carbonyl (C=O) groups is 1. The van der Waals surface area contributed by atoms with Gasteiger partial charge in [-0.3, -0.25) is 9.79 Å². The number of rotatable bonds is 1. The minimum absolute atomic E-state index is 0.115. The van der Waals surface area contributed by atoms with E-state index >= 15 is 0 Å². The fourth-order valence-corrected chi connectivity index (χ4v) is 2.29. The molecule has 1 amide bonds. The van der Waals surface area contributed by atoms with Crippen molar-refractivity contribution in [2.45, 2.75) is 0 Å². The molecule has 4 N–H and O–H groups in total. The maximum Gasteiger partial charge on any atom is 0.254 e. The molecule has 1 aliphatic rings. The van der Waals surface area contributed by atoms with Crippen molar-refractivity contribution in [3.8, 4) is 5.75 Å². The largest absolute Gasteiger partial charge is 0.495 e. The van der Waals surface area contributed by atoms with Crippen LogP contribution in [0.2, 0.25) is 0 Å². The standard InChI is InChI=1S/C14H18N4O2/c1-17-12-7-18(2)14(19)9-5-13(20-3)11(16)4-8(9)10(12)6-15/h4-6H,7,15-16H2,1-3H3. The summed E-state index contributed by atoms with van der Waals surface area (Å²) in [6.07, 6.45) is 1.46. The number of benzene rings is 1. The van der Waals surface area contributed by atoms with Gasteiger partial charge in [-0.25, -0.2) is 0 Å². The van der Waals surface area contributed by atoms with Crippen molar-refractivity contribution in [2.24, 2.45) is 10.7 Å². The first-order valence-corrected chi connectivity index (χ1v) is 6.14. The zero-order valence-corrected chi connectivity index (χ0v) is 11.8. The Hall–Kier alpha value is -2.50. The number of nitrogens with zero attached hydrogens (tertiary/aromatic N) is 2. The molecule has 0 unspecified atom stereocenters. The highest BCUT2D eigenvalue weighted by Crippen LogP contribution is 2.32. The van der Waals surface area contributed by atoms with Crippen LogP contribution in [0.1, 0.15) is 15.9 Å². The molecule has 6 heteroatoms. The Labute approximate surface area is 117 Å². The number of aliphatic imine (C=N–C) groups is 1. The van der Waals surface area contributed by atoms with Gasteiger partial charge in [0, 0.05) is 31.4 Å². The van der Waals surface area contributed by atoms with Gasteiger partial charge in [-0.2, -0.15) is 0 Å². The van der Waals surface area contributed by atoms with Crippen LogP contribution < -0.4 is 16.2 Å². The number of amides is 1. The van der Waals surface area contributed by atoms with Gasteiger partial charge in [0.05, 0.1) is 30.6 Å². The summed E-state index contributed by atoms with van der Waals surface area (Å²) in [6, 6.07) is 3.35. The lowest BCUT2D eigenvalue weighted by atomic mass is 9.96. The van der Waals surface area contributed by atoms with E-state index in [9.17, 15) is 4.79 Å². The van der Waals surface area contributed by atoms with Crippen molar-refractivity contribution in [1.82, 2.24) is 4.90 Å². The summed E-state index contributed by atoms with van der Waals surface area (Å²) in [6.45, 7) is 0.398. The molecule has 0 saturated heterocycles. The summed E-state index contributed by atoms with van der Waals surface area (Å²) in [5.41, 5.74) is 14.8. The van der Waals surface area contributed by atoms with Gasteiger partial charge in [-0.15, -0.1) is 0 Å². The van der Waals surface area contributed by atoms with Crippen molar-refractivity contribution in [3.05, 3.63) is 29.5 Å². The van der Waals surface area contributed by atoms with E-state index in [1.165, 1.54) is 13.3 Å². The summed E-state index contributed by atoms with van der Waals surface area (Å²) in [7, 11) is 4.91. The fraction of sp³-hybridized carbons (Fsp3) is 0.286. The second-order valence-electron chi connectivity index (χ2n) is 4.55. The highest BCUT2D eigenvalue weighted by Gasteiger charge is 2.27. The molecular weight excluding hydrogens is 256 g/mol. The minimum Gasteiger partial charge on any atom is -0.495 e. The van der Waals surface area contributed by atoms with E-state index in [2.05, 4.69) is 4.99 Å². The smallest absolute Gasteiger partial charge is 0.254 e. The van der Waals surface area contributed by atoms with Crippen LogP contribution in [0.5, 0.6) is 5.75 Å². The van der Waals surface area contributed by atoms with E-state index in [1.807, 2.05) is 0 Å². The predicted octanol–water partition coefficient (Wildman–Crippen LogP) is 0.733. The highest BCUT2D eigenvalue weighted by molar-refractivity contribution is 6.28. The van der Waals surface area contributed by atoms with Gasteiger partial charge in [0.25, 0.3) is 5.91 Å². The van der Waals surface area contributed by atoms with E-state index in [4.69, 9.17) is 16.2 Å². The van der Waals surface area contributed by atoms with Crippen LogP contribution in [0.3, 0.4) is 0 Å². The Morgan fingerprint density at radius 2 is 2.10 bits per heavy atom. The number of hydrogen-bond donors (Lipinski definition) is 2. The maximum absolute atomic E-state index is 12.4. The molecule has 20 heavy (non-hydrogen) atoms. The van der Waals surface area contributed by atoms with Crippen LogP contribution >= 0.6 is 0 Å². The first kappa shape index (κ1) is 13.9. The Bertz CT molecular complexity index is 620. The molecule has 1 aromatic carbocycles. The Balaban J connectivity index is 2.76. The number of methoxy groups -OCH3 is 1. The van der Waals surface area contributed by atoms with Gasteiger partial charge in [0.2, 0.25) is 0 Å². The van der Waals surface area contributed by atoms with Gasteiger partial charge >= 0.3 is 0 Å². The molecule has 6 nitrogen and oxygen atoms in total. The number of ether oxygens (including phenoxy) is 1. The average molecular weight is 274 g/mol. The molecule has 1 aromatic rings. The number of hydrogen-bond acceptors (Lipinski definition) is 5. The normalized spacial score (nSPS) is 19.1. The fourth-order valence-electron chi connectivity index (χ4n) is 2.29. The topological polar surface area (TPSA) is 93.9 Å². The third-order valence-electron chi connectivity index (χ3n) is 3.37. The van der Waals surface area contributed by atoms with Crippen molar-refractivity contribution >= 4 is 22.9 Å². The first-order chi connectivity index (χ1) is 9.53. The molecule has 106 valence electrons. The Kier molecular flexibility index (Phi) is 3.65. The van der Waals surface area contributed by atoms with Crippen LogP contribution in [0.15, 0.2) is 23.3 Å². The number of fused-ring (bicyclic) bond motifs is 1. The lowest BCUT2D eigenvalue weighted by Crippen LogP contribution is -2.29. The molecular formula is C14H18N4O2. The van der Waals surface area contributed by atoms with E-state index in [0.717, 1.165) is 11.3 Å². The van der Waals surface area contributed by atoms with Gasteiger partial charge in [0.1, 0.15) is 5.75 Å². The van der Waals surface area contributed by atoms with Crippen LogP contribution in [-0.2, 0) is 0 Å². The van der Waals surface area contributed by atoms with E-state index in [1.54, 1.807) is 31.1 Å². The molecule has 0 saturated carbocycles. The summed E-state index contributed by atoms with van der Waals surface area (Å²) >= 11 is 0. The third kappa shape index (κ3) is 2.09. The van der Waals surface area contributed by atoms with Crippen molar-refractivity contribution in [1.29, 1.82) is 0 Å². The van der Waals surface area contributed by atoms with Crippen molar-refractivity contribution in [2.75, 3.05) is 33.5 Å². The van der Waals surface area contributed by atoms with Crippen LogP contribution in [0, 0.1) is 0 Å². The molecule has 1 heterocycles. The molecule has 0 aromatic heterocycles. The van der Waals surface area contributed by atoms with E-state index in [-0.39, 0.29) is 5.91 Å². The summed E-state index contributed by atoms with van der Waals surface area (Å²) in [4.78, 5) is 18.3. The molecule has 0 bridgehead atoms. The quantitative estimate of drug-likeness (QED) is 0.738. The third-order valence-corrected chi connectivity index (χ3v) is 3.37. The zero-order chi connectivity index (χ0) is 14.9. The number of anilines is 1. The average Bonchev–Trinajstić information content (AvgIpc) is 2.54. The second kappa shape index (κ2) is 5.24. The van der Waals surface area contributed by atoms with Crippen LogP contribution in [0.4, 0.5) is 5.69 Å². The zero-order valence-electron chi connectivity index (χ0n) is 11.8. The Morgan fingerprint density at radius 3 is 2.65 bits per heavy atom. The van der Waals surface area contributed by atoms with Gasteiger partial charge in [0.15, 0.2) is 0 Å². The van der Waals surface area contributed by atoms with E-state index < -0.39 is 0 Å². The van der Waals surface area contributed by atoms with Gasteiger partial charge in [-0.05, 0) is 12.1 Å². The Morgan fingerprint density at radius 1 is 1.40 bits per heavy atom. The summed E-state index contributed by atoms with van der Waals surface area (Å²) in [5, 5.41) is 0. The lowest BCUT2D eigenvalue weighted by molar-refractivity contribution is 0.0816. The number of nitrogen functional groups attached to an aromatic ring is 1. The van der Waals surface area contributed by atoms with Gasteiger partial charge in [-0.1, -0.05) is 0 Å². The van der Waals surface area contributed by atoms with Crippen LogP contribution in [0.25, 0.3) is 5.57 Å². The van der Waals surface area contributed by atoms with E-state index in [0.29, 0.717) is 29.1 Å². The molecule has 0 radical (unpaired) electrons. The predicted molar refractivity (Wildman–Crippen MR) is 79.9 cm³/mol. The molecule has 0 aliphatic carbocycles. The molecule has 0 spiro atoms. The van der Waals surface area contributed by atoms with Crippen LogP contribution in [-0.4, -0.2) is 44.3 Å². The van der Waals surface area contributed by atoms with Crippen molar-refractivity contribution < 1.29 is 9.53 Å². The second-order valence-corrected chi connectivity index (χ2v) is 4.55. The SMILES string of the molecule is CN=C1CN(C)C(=O)c2cc(OC)c(N)cc2C1=CN. The summed E-state index contributed by atoms with van der Waals surface area (Å²) in [5.74, 6) is 0.357. The van der Waals surface area contributed by atoms with Gasteiger partial charge < -0.3 is 21.1 Å².